The maximum atomic E-state index is 13.8. The summed E-state index contributed by atoms with van der Waals surface area (Å²) in [5.41, 5.74) is 1.11. The van der Waals surface area contributed by atoms with E-state index < -0.39 is 22.0 Å². The van der Waals surface area contributed by atoms with Gasteiger partial charge in [-0.3, -0.25) is 14.4 Å². The monoisotopic (exact) mass is 534 g/mol. The summed E-state index contributed by atoms with van der Waals surface area (Å²) < 4.78 is 40.6. The van der Waals surface area contributed by atoms with E-state index >= 15 is 0 Å². The van der Waals surface area contributed by atoms with Gasteiger partial charge < -0.3 is 9.47 Å². The SMILES string of the molecule is COc1ccc(S(=O)(=O)N2CC(C(=O)Nc3nnc(SC)s3)Oc3ccc(C(C)(C)C)cc32)cc1. The van der Waals surface area contributed by atoms with Crippen molar-refractivity contribution in [2.75, 3.05) is 29.5 Å². The van der Waals surface area contributed by atoms with Crippen molar-refractivity contribution in [3.05, 3.63) is 48.0 Å². The summed E-state index contributed by atoms with van der Waals surface area (Å²) in [5, 5.41) is 10.9. The summed E-state index contributed by atoms with van der Waals surface area (Å²) in [6.07, 6.45) is 0.777. The average molecular weight is 535 g/mol. The predicted octanol–water partition coefficient (Wildman–Crippen LogP) is 4.16. The zero-order valence-electron chi connectivity index (χ0n) is 19.9. The van der Waals surface area contributed by atoms with Crippen molar-refractivity contribution >= 4 is 49.8 Å². The first-order valence-electron chi connectivity index (χ1n) is 10.7. The van der Waals surface area contributed by atoms with Crippen molar-refractivity contribution < 1.29 is 22.7 Å². The van der Waals surface area contributed by atoms with Gasteiger partial charge in [0, 0.05) is 0 Å². The van der Waals surface area contributed by atoms with Crippen LogP contribution in [0.15, 0.2) is 51.7 Å². The van der Waals surface area contributed by atoms with Gasteiger partial charge in [0.1, 0.15) is 11.5 Å². The first-order valence-corrected chi connectivity index (χ1v) is 14.2. The van der Waals surface area contributed by atoms with E-state index in [1.165, 1.54) is 46.6 Å². The molecule has 35 heavy (non-hydrogen) atoms. The standard InChI is InChI=1S/C23H26N4O5S3/c1-23(2,3)14-6-11-18-17(12-14)27(35(29,30)16-9-7-15(31-4)8-10-16)13-19(32-18)20(28)24-21-25-26-22(33-5)34-21/h6-12,19H,13H2,1-5H3,(H,24,25,28). The topological polar surface area (TPSA) is 111 Å². The number of sulfonamides is 1. The molecule has 1 aliphatic heterocycles. The Morgan fingerprint density at radius 1 is 1.20 bits per heavy atom. The molecule has 0 saturated heterocycles. The molecule has 0 spiro atoms. The number of nitrogens with zero attached hydrogens (tertiary/aromatic N) is 3. The molecule has 1 aliphatic rings. The Hall–Kier alpha value is -2.83. The fraction of sp³-hybridized carbons (Fsp3) is 0.348. The number of nitrogens with one attached hydrogen (secondary N) is 1. The predicted molar refractivity (Wildman–Crippen MR) is 137 cm³/mol. The number of hydrogen-bond donors (Lipinski definition) is 1. The lowest BCUT2D eigenvalue weighted by Gasteiger charge is -2.35. The zero-order chi connectivity index (χ0) is 25.4. The van der Waals surface area contributed by atoms with Gasteiger partial charge >= 0.3 is 0 Å². The van der Waals surface area contributed by atoms with Gasteiger partial charge in [0.15, 0.2) is 10.4 Å². The summed E-state index contributed by atoms with van der Waals surface area (Å²) in [4.78, 5) is 13.1. The minimum Gasteiger partial charge on any atom is -0.497 e. The van der Waals surface area contributed by atoms with Crippen LogP contribution in [0.1, 0.15) is 26.3 Å². The number of ether oxygens (including phenoxy) is 2. The lowest BCUT2D eigenvalue weighted by molar-refractivity contribution is -0.122. The molecule has 4 rings (SSSR count). The van der Waals surface area contributed by atoms with Crippen LogP contribution in [0.2, 0.25) is 0 Å². The highest BCUT2D eigenvalue weighted by atomic mass is 32.2. The number of thioether (sulfide) groups is 1. The van der Waals surface area contributed by atoms with E-state index in [-0.39, 0.29) is 16.9 Å². The molecule has 2 heterocycles. The highest BCUT2D eigenvalue weighted by Crippen LogP contribution is 2.40. The number of carbonyl (C=O) groups is 1. The van der Waals surface area contributed by atoms with Crippen LogP contribution in [0.3, 0.4) is 0 Å². The quantitative estimate of drug-likeness (QED) is 0.371. The largest absolute Gasteiger partial charge is 0.497 e. The highest BCUT2D eigenvalue weighted by Gasteiger charge is 2.38. The van der Waals surface area contributed by atoms with Crippen molar-refractivity contribution in [1.29, 1.82) is 0 Å². The van der Waals surface area contributed by atoms with E-state index in [1.54, 1.807) is 24.3 Å². The lowest BCUT2D eigenvalue weighted by Crippen LogP contribution is -2.49. The third-order valence-corrected chi connectivity index (χ3v) is 9.05. The van der Waals surface area contributed by atoms with Gasteiger partial charge in [-0.25, -0.2) is 8.42 Å². The zero-order valence-corrected chi connectivity index (χ0v) is 22.4. The molecule has 2 aromatic carbocycles. The van der Waals surface area contributed by atoms with Crippen LogP contribution >= 0.6 is 23.1 Å². The second kappa shape index (κ2) is 9.67. The van der Waals surface area contributed by atoms with E-state index in [1.807, 2.05) is 33.1 Å². The molecular formula is C23H26N4O5S3. The second-order valence-corrected chi connectivity index (χ2v) is 12.7. The Labute approximate surface area is 212 Å². The molecular weight excluding hydrogens is 508 g/mol. The van der Waals surface area contributed by atoms with Crippen molar-refractivity contribution in [1.82, 2.24) is 10.2 Å². The molecule has 1 unspecified atom stereocenters. The third kappa shape index (κ3) is 5.24. The number of aromatic nitrogens is 2. The number of methoxy groups -OCH3 is 1. The molecule has 0 bridgehead atoms. The lowest BCUT2D eigenvalue weighted by atomic mass is 9.86. The van der Waals surface area contributed by atoms with Gasteiger partial charge in [0.05, 0.1) is 24.2 Å². The summed E-state index contributed by atoms with van der Waals surface area (Å²) in [6.45, 7) is 5.93. The number of carbonyl (C=O) groups excluding carboxylic acids is 1. The van der Waals surface area contributed by atoms with Crippen LogP contribution < -0.4 is 19.1 Å². The summed E-state index contributed by atoms with van der Waals surface area (Å²) in [7, 11) is -2.50. The van der Waals surface area contributed by atoms with Crippen LogP contribution in [0, 0.1) is 0 Å². The van der Waals surface area contributed by atoms with Crippen molar-refractivity contribution in [2.45, 2.75) is 41.5 Å². The molecule has 1 atom stereocenters. The van der Waals surface area contributed by atoms with Gasteiger partial charge in [0.2, 0.25) is 5.13 Å². The number of hydrogen-bond acceptors (Lipinski definition) is 9. The van der Waals surface area contributed by atoms with Gasteiger partial charge in [-0.2, -0.15) is 0 Å². The maximum Gasteiger partial charge on any atom is 0.269 e. The van der Waals surface area contributed by atoms with Crippen LogP contribution in [0.4, 0.5) is 10.8 Å². The first kappa shape index (κ1) is 25.3. The first-order chi connectivity index (χ1) is 16.5. The fourth-order valence-corrected chi connectivity index (χ4v) is 6.13. The third-order valence-electron chi connectivity index (χ3n) is 5.45. The fourth-order valence-electron chi connectivity index (χ4n) is 3.49. The maximum absolute atomic E-state index is 13.8. The Morgan fingerprint density at radius 2 is 1.91 bits per heavy atom. The Bertz CT molecular complexity index is 1330. The van der Waals surface area contributed by atoms with Crippen LogP contribution in [0.25, 0.3) is 0 Å². The number of anilines is 2. The number of rotatable bonds is 6. The van der Waals surface area contributed by atoms with E-state index in [0.717, 1.165) is 5.56 Å². The number of benzene rings is 2. The minimum atomic E-state index is -4.01. The van der Waals surface area contributed by atoms with E-state index in [0.29, 0.717) is 26.7 Å². The van der Waals surface area contributed by atoms with Gasteiger partial charge in [-0.05, 0) is 53.6 Å². The Balaban J connectivity index is 1.72. The average Bonchev–Trinajstić information content (AvgIpc) is 3.29. The molecule has 0 fully saturated rings. The van der Waals surface area contributed by atoms with Crippen LogP contribution in [-0.2, 0) is 20.2 Å². The van der Waals surface area contributed by atoms with E-state index in [2.05, 4.69) is 15.5 Å². The molecule has 0 radical (unpaired) electrons. The molecule has 1 aromatic heterocycles. The van der Waals surface area contributed by atoms with Gasteiger partial charge in [-0.15, -0.1) is 10.2 Å². The van der Waals surface area contributed by atoms with Crippen LogP contribution in [0.5, 0.6) is 11.5 Å². The summed E-state index contributed by atoms with van der Waals surface area (Å²) in [6, 6.07) is 11.5. The molecule has 3 aromatic rings. The molecule has 0 aliphatic carbocycles. The minimum absolute atomic E-state index is 0.0835. The smallest absolute Gasteiger partial charge is 0.269 e. The van der Waals surface area contributed by atoms with Gasteiger partial charge in [0.25, 0.3) is 15.9 Å². The second-order valence-electron chi connectivity index (χ2n) is 8.82. The van der Waals surface area contributed by atoms with Crippen molar-refractivity contribution in [3.8, 4) is 11.5 Å². The van der Waals surface area contributed by atoms with Crippen molar-refractivity contribution in [2.24, 2.45) is 0 Å². The molecule has 12 heteroatoms. The normalized spacial score (nSPS) is 15.8. The highest BCUT2D eigenvalue weighted by molar-refractivity contribution is 8.00. The van der Waals surface area contributed by atoms with Crippen LogP contribution in [-0.4, -0.2) is 50.5 Å². The number of amides is 1. The molecule has 186 valence electrons. The summed E-state index contributed by atoms with van der Waals surface area (Å²) >= 11 is 2.65. The van der Waals surface area contributed by atoms with Gasteiger partial charge in [-0.1, -0.05) is 49.9 Å². The Morgan fingerprint density at radius 3 is 2.51 bits per heavy atom. The molecule has 9 nitrogen and oxygen atoms in total. The molecule has 0 saturated carbocycles. The summed E-state index contributed by atoms with van der Waals surface area (Å²) in [5.74, 6) is 0.345. The Kier molecular flexibility index (Phi) is 6.98. The van der Waals surface area contributed by atoms with E-state index in [9.17, 15) is 13.2 Å². The van der Waals surface area contributed by atoms with E-state index in [4.69, 9.17) is 9.47 Å². The molecule has 1 amide bonds. The number of fused-ring (bicyclic) bond motifs is 1. The van der Waals surface area contributed by atoms with Crippen molar-refractivity contribution in [3.63, 3.8) is 0 Å². The molecule has 1 N–H and O–H groups in total.